The van der Waals surface area contributed by atoms with Crippen LogP contribution in [0.25, 0.3) is 0 Å². The van der Waals surface area contributed by atoms with Gasteiger partial charge in [0.2, 0.25) is 5.91 Å². The van der Waals surface area contributed by atoms with E-state index in [0.29, 0.717) is 32.1 Å². The molecule has 0 unspecified atom stereocenters. The summed E-state index contributed by atoms with van der Waals surface area (Å²) in [5, 5.41) is 2.67. The lowest BCUT2D eigenvalue weighted by atomic mass is 10.4. The largest absolute Gasteiger partial charge is 0.380 e. The van der Waals surface area contributed by atoms with Crippen molar-refractivity contribution in [3.63, 3.8) is 0 Å². The van der Waals surface area contributed by atoms with Crippen LogP contribution in [0.2, 0.25) is 0 Å². The molecule has 66 valence electrons. The lowest BCUT2D eigenvalue weighted by molar-refractivity contribution is -0.120. The fraction of sp³-hybridized carbons (Fsp3) is 0.857. The number of carbonyl (C=O) groups is 1. The molecular formula is C7H14ClNO2. The first-order chi connectivity index (χ1) is 5.31. The van der Waals surface area contributed by atoms with Crippen LogP contribution in [0.3, 0.4) is 0 Å². The fourth-order valence-corrected chi connectivity index (χ4v) is 0.753. The van der Waals surface area contributed by atoms with E-state index in [1.54, 1.807) is 0 Å². The van der Waals surface area contributed by atoms with Gasteiger partial charge in [-0.3, -0.25) is 4.79 Å². The van der Waals surface area contributed by atoms with Gasteiger partial charge in [0.1, 0.15) is 0 Å². The molecule has 0 rings (SSSR count). The molecule has 0 atom stereocenters. The zero-order valence-corrected chi connectivity index (χ0v) is 7.49. The van der Waals surface area contributed by atoms with E-state index in [4.69, 9.17) is 16.3 Å². The second-order valence-corrected chi connectivity index (χ2v) is 2.36. The molecular weight excluding hydrogens is 166 g/mol. The molecule has 0 aromatic carbocycles. The molecule has 4 heteroatoms. The van der Waals surface area contributed by atoms with Crippen molar-refractivity contribution < 1.29 is 9.53 Å². The molecule has 0 aliphatic carbocycles. The van der Waals surface area contributed by atoms with E-state index in [0.717, 1.165) is 0 Å². The van der Waals surface area contributed by atoms with Gasteiger partial charge in [0.25, 0.3) is 0 Å². The number of nitrogens with one attached hydrogen (secondary N) is 1. The highest BCUT2D eigenvalue weighted by Crippen LogP contribution is 1.83. The van der Waals surface area contributed by atoms with Gasteiger partial charge in [0.15, 0.2) is 0 Å². The Morgan fingerprint density at radius 2 is 2.36 bits per heavy atom. The predicted octanol–water partition coefficient (Wildman–Crippen LogP) is 0.768. The molecule has 0 aromatic heterocycles. The van der Waals surface area contributed by atoms with Crippen LogP contribution in [0.4, 0.5) is 0 Å². The van der Waals surface area contributed by atoms with Gasteiger partial charge in [-0.05, 0) is 6.92 Å². The molecule has 1 N–H and O–H groups in total. The van der Waals surface area contributed by atoms with E-state index < -0.39 is 0 Å². The van der Waals surface area contributed by atoms with Crippen LogP contribution in [0.15, 0.2) is 0 Å². The summed E-state index contributed by atoms with van der Waals surface area (Å²) in [5.74, 6) is 0.361. The Balaban J connectivity index is 3.04. The van der Waals surface area contributed by atoms with E-state index in [9.17, 15) is 4.79 Å². The molecule has 0 aromatic rings. The van der Waals surface area contributed by atoms with Gasteiger partial charge < -0.3 is 10.1 Å². The van der Waals surface area contributed by atoms with Gasteiger partial charge in [0.05, 0.1) is 6.61 Å². The standard InChI is InChI=1S/C7H14ClNO2/c1-2-11-6-5-9-7(10)3-4-8/h2-6H2,1H3,(H,9,10). The minimum absolute atomic E-state index is 0.0142. The monoisotopic (exact) mass is 179 g/mol. The van der Waals surface area contributed by atoms with E-state index in [-0.39, 0.29) is 5.91 Å². The first kappa shape index (κ1) is 10.7. The number of hydrogen-bond donors (Lipinski definition) is 1. The molecule has 0 aliphatic heterocycles. The summed E-state index contributed by atoms with van der Waals surface area (Å²) in [6, 6.07) is 0. The van der Waals surface area contributed by atoms with Gasteiger partial charge in [-0.15, -0.1) is 11.6 Å². The van der Waals surface area contributed by atoms with Crippen molar-refractivity contribution in [3.05, 3.63) is 0 Å². The third-order valence-corrected chi connectivity index (χ3v) is 1.28. The van der Waals surface area contributed by atoms with Crippen LogP contribution in [0.5, 0.6) is 0 Å². The van der Waals surface area contributed by atoms with Crippen molar-refractivity contribution >= 4 is 17.5 Å². The zero-order valence-electron chi connectivity index (χ0n) is 6.73. The van der Waals surface area contributed by atoms with Gasteiger partial charge in [-0.2, -0.15) is 0 Å². The first-order valence-corrected chi connectivity index (χ1v) is 4.25. The van der Waals surface area contributed by atoms with Crippen molar-refractivity contribution in [3.8, 4) is 0 Å². The average Bonchev–Trinajstić information content (AvgIpc) is 1.99. The van der Waals surface area contributed by atoms with Crippen LogP contribution >= 0.6 is 11.6 Å². The summed E-state index contributed by atoms with van der Waals surface area (Å²) in [7, 11) is 0. The van der Waals surface area contributed by atoms with Crippen molar-refractivity contribution in [1.29, 1.82) is 0 Å². The third kappa shape index (κ3) is 7.62. The quantitative estimate of drug-likeness (QED) is 0.483. The highest BCUT2D eigenvalue weighted by atomic mass is 35.5. The van der Waals surface area contributed by atoms with Gasteiger partial charge in [-0.25, -0.2) is 0 Å². The number of rotatable bonds is 6. The molecule has 1 amide bonds. The molecule has 11 heavy (non-hydrogen) atoms. The second-order valence-electron chi connectivity index (χ2n) is 1.99. The Hall–Kier alpha value is -0.280. The average molecular weight is 180 g/mol. The smallest absolute Gasteiger partial charge is 0.221 e. The van der Waals surface area contributed by atoms with E-state index in [1.165, 1.54) is 0 Å². The van der Waals surface area contributed by atoms with Crippen LogP contribution in [-0.2, 0) is 9.53 Å². The second kappa shape index (κ2) is 7.82. The molecule has 0 saturated heterocycles. The number of ether oxygens (including phenoxy) is 1. The maximum absolute atomic E-state index is 10.8. The summed E-state index contributed by atoms with van der Waals surface area (Å²) in [5.41, 5.74) is 0. The van der Waals surface area contributed by atoms with Crippen molar-refractivity contribution in [2.75, 3.05) is 25.6 Å². The molecule has 0 radical (unpaired) electrons. The third-order valence-electron chi connectivity index (χ3n) is 1.09. The fourth-order valence-electron chi connectivity index (χ4n) is 0.581. The topological polar surface area (TPSA) is 38.3 Å². The lowest BCUT2D eigenvalue weighted by Gasteiger charge is -2.02. The van der Waals surface area contributed by atoms with Crippen LogP contribution in [0, 0.1) is 0 Å². The van der Waals surface area contributed by atoms with Crippen LogP contribution in [0.1, 0.15) is 13.3 Å². The predicted molar refractivity (Wildman–Crippen MR) is 44.8 cm³/mol. The summed E-state index contributed by atoms with van der Waals surface area (Å²) in [6.45, 7) is 3.75. The number of alkyl halides is 1. The number of amides is 1. The minimum atomic E-state index is -0.0142. The summed E-state index contributed by atoms with van der Waals surface area (Å²) in [4.78, 5) is 10.8. The number of halogens is 1. The SMILES string of the molecule is CCOCCNC(=O)CCCl. The van der Waals surface area contributed by atoms with E-state index in [1.807, 2.05) is 6.92 Å². The normalized spacial score (nSPS) is 9.64. The zero-order chi connectivity index (χ0) is 8.53. The van der Waals surface area contributed by atoms with Gasteiger partial charge >= 0.3 is 0 Å². The van der Waals surface area contributed by atoms with Crippen molar-refractivity contribution in [2.24, 2.45) is 0 Å². The molecule has 0 heterocycles. The summed E-state index contributed by atoms with van der Waals surface area (Å²) in [6.07, 6.45) is 0.383. The van der Waals surface area contributed by atoms with Crippen LogP contribution in [-0.4, -0.2) is 31.5 Å². The lowest BCUT2D eigenvalue weighted by Crippen LogP contribution is -2.27. The minimum Gasteiger partial charge on any atom is -0.380 e. The Morgan fingerprint density at radius 3 is 2.91 bits per heavy atom. The molecule has 0 bridgehead atoms. The summed E-state index contributed by atoms with van der Waals surface area (Å²) >= 11 is 5.34. The number of hydrogen-bond acceptors (Lipinski definition) is 2. The van der Waals surface area contributed by atoms with E-state index in [2.05, 4.69) is 5.32 Å². The van der Waals surface area contributed by atoms with Gasteiger partial charge in [0, 0.05) is 25.5 Å². The van der Waals surface area contributed by atoms with E-state index >= 15 is 0 Å². The highest BCUT2D eigenvalue weighted by Gasteiger charge is 1.96. The Kier molecular flexibility index (Phi) is 7.62. The highest BCUT2D eigenvalue weighted by molar-refractivity contribution is 6.18. The van der Waals surface area contributed by atoms with Crippen molar-refractivity contribution in [2.45, 2.75) is 13.3 Å². The molecule has 0 aliphatic rings. The van der Waals surface area contributed by atoms with Crippen LogP contribution < -0.4 is 5.32 Å². The maximum atomic E-state index is 10.8. The number of carbonyl (C=O) groups excluding carboxylic acids is 1. The Labute approximate surface area is 72.1 Å². The molecule has 0 saturated carbocycles. The summed E-state index contributed by atoms with van der Waals surface area (Å²) < 4.78 is 5.01. The Morgan fingerprint density at radius 1 is 1.64 bits per heavy atom. The molecule has 3 nitrogen and oxygen atoms in total. The molecule has 0 fully saturated rings. The first-order valence-electron chi connectivity index (χ1n) is 3.71. The maximum Gasteiger partial charge on any atom is 0.221 e. The molecule has 0 spiro atoms. The van der Waals surface area contributed by atoms with Crippen molar-refractivity contribution in [1.82, 2.24) is 5.32 Å². The van der Waals surface area contributed by atoms with Gasteiger partial charge in [-0.1, -0.05) is 0 Å². The Bertz CT molecular complexity index is 109.